The second kappa shape index (κ2) is 7.74. The third-order valence-electron chi connectivity index (χ3n) is 4.42. The molecule has 2 heterocycles. The highest BCUT2D eigenvalue weighted by molar-refractivity contribution is 6.30. The van der Waals surface area contributed by atoms with Crippen molar-refractivity contribution in [2.45, 2.75) is 13.0 Å². The van der Waals surface area contributed by atoms with Crippen molar-refractivity contribution in [2.24, 2.45) is 0 Å². The predicted octanol–water partition coefficient (Wildman–Crippen LogP) is 4.57. The number of nitrogens with one attached hydrogen (secondary N) is 1. The summed E-state index contributed by atoms with van der Waals surface area (Å²) < 4.78 is 0. The molecule has 0 aliphatic heterocycles. The topological polar surface area (TPSA) is 67.8 Å². The van der Waals surface area contributed by atoms with Crippen LogP contribution in [0.5, 0.6) is 0 Å². The molecular weight excluding hydrogens is 372 g/mol. The average molecular weight is 389 g/mol. The lowest BCUT2D eigenvalue weighted by Gasteiger charge is -2.19. The maximum absolute atomic E-state index is 11.8. The van der Waals surface area contributed by atoms with Gasteiger partial charge in [0.25, 0.3) is 0 Å². The average Bonchev–Trinajstić information content (AvgIpc) is 2.72. The summed E-state index contributed by atoms with van der Waals surface area (Å²) in [5.41, 5.74) is 4.10. The van der Waals surface area contributed by atoms with Gasteiger partial charge in [0.15, 0.2) is 5.15 Å². The summed E-state index contributed by atoms with van der Waals surface area (Å²) in [4.78, 5) is 25.0. The van der Waals surface area contributed by atoms with Crippen molar-refractivity contribution in [2.75, 3.05) is 0 Å². The van der Waals surface area contributed by atoms with Gasteiger partial charge in [-0.15, -0.1) is 0 Å². The fourth-order valence-corrected chi connectivity index (χ4v) is 3.34. The fourth-order valence-electron chi connectivity index (χ4n) is 3.12. The van der Waals surface area contributed by atoms with Gasteiger partial charge in [-0.05, 0) is 17.7 Å². The molecule has 0 bridgehead atoms. The van der Waals surface area contributed by atoms with Gasteiger partial charge in [0.1, 0.15) is 5.69 Å². The monoisotopic (exact) mass is 388 g/mol. The van der Waals surface area contributed by atoms with Crippen molar-refractivity contribution in [3.05, 3.63) is 89.5 Å². The number of pyridine rings is 1. The third-order valence-corrected chi connectivity index (χ3v) is 4.71. The van der Waals surface area contributed by atoms with E-state index in [1.807, 2.05) is 60.7 Å². The Kier molecular flexibility index (Phi) is 5.00. The summed E-state index contributed by atoms with van der Waals surface area (Å²) in [7, 11) is 0. The smallest absolute Gasteiger partial charge is 0.217 e. The first-order valence-corrected chi connectivity index (χ1v) is 9.19. The molecule has 0 radical (unpaired) electrons. The summed E-state index contributed by atoms with van der Waals surface area (Å²) in [6.07, 6.45) is 3.08. The second-order valence-electron chi connectivity index (χ2n) is 6.38. The Morgan fingerprint density at radius 3 is 2.50 bits per heavy atom. The van der Waals surface area contributed by atoms with Crippen molar-refractivity contribution in [1.29, 1.82) is 0 Å². The standard InChI is InChI=1S/C22H17ClN4O/c1-14(28)26-20(21-22(23)25-12-11-24-21)17-8-7-16-9-10-18(27-19(16)13-17)15-5-3-2-4-6-15/h2-13,20H,1H3,(H,26,28)/t20-/m1/s1. The molecule has 0 unspecified atom stereocenters. The first-order chi connectivity index (χ1) is 13.6. The van der Waals surface area contributed by atoms with Crippen molar-refractivity contribution in [3.8, 4) is 11.3 Å². The van der Waals surface area contributed by atoms with Crippen LogP contribution in [-0.2, 0) is 4.79 Å². The molecule has 0 saturated carbocycles. The molecule has 2 aromatic heterocycles. The highest BCUT2D eigenvalue weighted by atomic mass is 35.5. The molecule has 2 aromatic carbocycles. The number of fused-ring (bicyclic) bond motifs is 1. The molecule has 138 valence electrons. The molecule has 4 aromatic rings. The summed E-state index contributed by atoms with van der Waals surface area (Å²) in [5, 5.41) is 4.18. The molecule has 0 fully saturated rings. The Labute approximate surface area is 167 Å². The van der Waals surface area contributed by atoms with Gasteiger partial charge in [0.05, 0.1) is 17.3 Å². The van der Waals surface area contributed by atoms with E-state index in [9.17, 15) is 4.79 Å². The number of hydrogen-bond donors (Lipinski definition) is 1. The number of amides is 1. The van der Waals surface area contributed by atoms with E-state index in [4.69, 9.17) is 16.6 Å². The predicted molar refractivity (Wildman–Crippen MR) is 110 cm³/mol. The van der Waals surface area contributed by atoms with Crippen molar-refractivity contribution < 1.29 is 4.79 Å². The van der Waals surface area contributed by atoms with Crippen LogP contribution in [0.1, 0.15) is 24.2 Å². The molecule has 0 aliphatic rings. The molecule has 6 heteroatoms. The van der Waals surface area contributed by atoms with E-state index in [2.05, 4.69) is 15.3 Å². The molecule has 1 atom stereocenters. The van der Waals surface area contributed by atoms with Crippen LogP contribution in [0.2, 0.25) is 5.15 Å². The zero-order valence-electron chi connectivity index (χ0n) is 15.1. The molecule has 4 rings (SSSR count). The molecular formula is C22H17ClN4O. The lowest BCUT2D eigenvalue weighted by atomic mass is 10.0. The number of nitrogens with zero attached hydrogens (tertiary/aromatic N) is 3. The van der Waals surface area contributed by atoms with Gasteiger partial charge in [-0.2, -0.15) is 0 Å². The normalized spacial score (nSPS) is 11.9. The van der Waals surface area contributed by atoms with Crippen LogP contribution in [-0.4, -0.2) is 20.9 Å². The second-order valence-corrected chi connectivity index (χ2v) is 6.74. The number of halogens is 1. The minimum atomic E-state index is -0.509. The van der Waals surface area contributed by atoms with Gasteiger partial charge >= 0.3 is 0 Å². The van der Waals surface area contributed by atoms with Crippen LogP contribution in [0.4, 0.5) is 0 Å². The Morgan fingerprint density at radius 2 is 1.75 bits per heavy atom. The molecule has 0 saturated heterocycles. The zero-order valence-corrected chi connectivity index (χ0v) is 15.9. The molecule has 1 N–H and O–H groups in total. The van der Waals surface area contributed by atoms with Crippen LogP contribution in [0.15, 0.2) is 73.1 Å². The molecule has 1 amide bonds. The number of benzene rings is 2. The van der Waals surface area contributed by atoms with Crippen molar-refractivity contribution in [1.82, 2.24) is 20.3 Å². The molecule has 0 aliphatic carbocycles. The number of carbonyl (C=O) groups is 1. The maximum atomic E-state index is 11.8. The van der Waals surface area contributed by atoms with Crippen molar-refractivity contribution in [3.63, 3.8) is 0 Å². The first kappa shape index (κ1) is 18.1. The Hall–Kier alpha value is -3.31. The highest BCUT2D eigenvalue weighted by Crippen LogP contribution is 2.28. The van der Waals surface area contributed by atoms with Gasteiger partial charge in [-0.25, -0.2) is 9.97 Å². The summed E-state index contributed by atoms with van der Waals surface area (Å²) in [6.45, 7) is 1.46. The van der Waals surface area contributed by atoms with Gasteiger partial charge in [0, 0.05) is 30.3 Å². The van der Waals surface area contributed by atoms with Crippen LogP contribution >= 0.6 is 11.6 Å². The van der Waals surface area contributed by atoms with E-state index in [0.29, 0.717) is 5.69 Å². The van der Waals surface area contributed by atoms with E-state index in [0.717, 1.165) is 27.7 Å². The highest BCUT2D eigenvalue weighted by Gasteiger charge is 2.21. The quantitative estimate of drug-likeness (QED) is 0.556. The van der Waals surface area contributed by atoms with Gasteiger partial charge < -0.3 is 5.32 Å². The van der Waals surface area contributed by atoms with Crippen molar-refractivity contribution >= 4 is 28.4 Å². The van der Waals surface area contributed by atoms with E-state index in [1.165, 1.54) is 13.1 Å². The summed E-state index contributed by atoms with van der Waals surface area (Å²) in [6, 6.07) is 19.4. The number of hydrogen-bond acceptors (Lipinski definition) is 4. The number of carbonyl (C=O) groups excluding carboxylic acids is 1. The number of aromatic nitrogens is 3. The summed E-state index contributed by atoms with van der Waals surface area (Å²) >= 11 is 6.24. The third kappa shape index (κ3) is 3.70. The Bertz CT molecular complexity index is 1150. The lowest BCUT2D eigenvalue weighted by molar-refractivity contribution is -0.119. The first-order valence-electron chi connectivity index (χ1n) is 8.81. The summed E-state index contributed by atoms with van der Waals surface area (Å²) in [5.74, 6) is -0.183. The van der Waals surface area contributed by atoms with Crippen LogP contribution in [0.3, 0.4) is 0 Å². The van der Waals surface area contributed by atoms with Gasteiger partial charge in [-0.1, -0.05) is 60.1 Å². The molecule has 0 spiro atoms. The van der Waals surface area contributed by atoms with Gasteiger partial charge in [-0.3, -0.25) is 9.78 Å². The molecule has 28 heavy (non-hydrogen) atoms. The molecule has 5 nitrogen and oxygen atoms in total. The van der Waals surface area contributed by atoms with Crippen LogP contribution < -0.4 is 5.32 Å². The zero-order chi connectivity index (χ0) is 19.5. The minimum Gasteiger partial charge on any atom is -0.344 e. The Morgan fingerprint density at radius 1 is 1.00 bits per heavy atom. The lowest BCUT2D eigenvalue weighted by Crippen LogP contribution is -2.28. The van der Waals surface area contributed by atoms with Gasteiger partial charge in [0.2, 0.25) is 5.91 Å². The Balaban J connectivity index is 1.81. The van der Waals surface area contributed by atoms with E-state index in [-0.39, 0.29) is 11.1 Å². The number of rotatable bonds is 4. The largest absolute Gasteiger partial charge is 0.344 e. The van der Waals surface area contributed by atoms with Crippen LogP contribution in [0.25, 0.3) is 22.2 Å². The fraction of sp³-hybridized carbons (Fsp3) is 0.0909. The van der Waals surface area contributed by atoms with E-state index >= 15 is 0 Å². The SMILES string of the molecule is CC(=O)N[C@H](c1ccc2ccc(-c3ccccc3)nc2c1)c1nccnc1Cl. The minimum absolute atomic E-state index is 0.183. The van der Waals surface area contributed by atoms with Crippen LogP contribution in [0, 0.1) is 0 Å². The van der Waals surface area contributed by atoms with E-state index in [1.54, 1.807) is 6.20 Å². The maximum Gasteiger partial charge on any atom is 0.217 e. The van der Waals surface area contributed by atoms with E-state index < -0.39 is 6.04 Å².